The molecule has 0 radical (unpaired) electrons. The summed E-state index contributed by atoms with van der Waals surface area (Å²) in [5, 5.41) is 8.74. The van der Waals surface area contributed by atoms with Crippen LogP contribution in [0, 0.1) is 13.8 Å². The maximum Gasteiger partial charge on any atom is 0.371 e. The van der Waals surface area contributed by atoms with Crippen molar-refractivity contribution < 1.29 is 19.1 Å². The van der Waals surface area contributed by atoms with Crippen LogP contribution in [0.3, 0.4) is 0 Å². The smallest absolute Gasteiger partial charge is 0.371 e. The van der Waals surface area contributed by atoms with Crippen LogP contribution in [0.25, 0.3) is 0 Å². The van der Waals surface area contributed by atoms with E-state index in [1.807, 2.05) is 32.0 Å². The van der Waals surface area contributed by atoms with Crippen molar-refractivity contribution in [2.75, 3.05) is 0 Å². The zero-order valence-corrected chi connectivity index (χ0v) is 10.3. The molecule has 2 aromatic rings. The van der Waals surface area contributed by atoms with Crippen molar-refractivity contribution in [2.45, 2.75) is 20.5 Å². The fraction of sp³-hybridized carbons (Fsp3) is 0.214. The molecule has 0 aliphatic heterocycles. The van der Waals surface area contributed by atoms with E-state index in [0.29, 0.717) is 5.76 Å². The van der Waals surface area contributed by atoms with Gasteiger partial charge in [-0.15, -0.1) is 0 Å². The molecule has 0 bridgehead atoms. The first-order chi connectivity index (χ1) is 8.58. The lowest BCUT2D eigenvalue weighted by molar-refractivity contribution is 0.0658. The van der Waals surface area contributed by atoms with E-state index in [9.17, 15) is 4.79 Å². The Labute approximate surface area is 105 Å². The quantitative estimate of drug-likeness (QED) is 0.900. The third-order valence-electron chi connectivity index (χ3n) is 2.64. The highest BCUT2D eigenvalue weighted by atomic mass is 16.5. The number of rotatable bonds is 4. The predicted molar refractivity (Wildman–Crippen MR) is 65.9 cm³/mol. The van der Waals surface area contributed by atoms with Crippen molar-refractivity contribution >= 4 is 5.97 Å². The SMILES string of the molecule is Cc1cccc(C)c1OCc1ccc(C(=O)O)o1. The first-order valence-corrected chi connectivity index (χ1v) is 5.59. The lowest BCUT2D eigenvalue weighted by Gasteiger charge is -2.10. The summed E-state index contributed by atoms with van der Waals surface area (Å²) in [4.78, 5) is 10.7. The van der Waals surface area contributed by atoms with Gasteiger partial charge in [0, 0.05) is 0 Å². The number of aryl methyl sites for hydroxylation is 2. The molecule has 0 unspecified atom stereocenters. The molecule has 4 heteroatoms. The summed E-state index contributed by atoms with van der Waals surface area (Å²) in [7, 11) is 0. The van der Waals surface area contributed by atoms with Crippen molar-refractivity contribution in [2.24, 2.45) is 0 Å². The molecule has 0 amide bonds. The van der Waals surface area contributed by atoms with Crippen molar-refractivity contribution in [3.8, 4) is 5.75 Å². The molecule has 4 nitrogen and oxygen atoms in total. The molecule has 94 valence electrons. The Morgan fingerprint density at radius 2 is 1.89 bits per heavy atom. The zero-order valence-electron chi connectivity index (χ0n) is 10.3. The van der Waals surface area contributed by atoms with E-state index in [4.69, 9.17) is 14.3 Å². The van der Waals surface area contributed by atoms with Crippen LogP contribution in [-0.2, 0) is 6.61 Å². The highest BCUT2D eigenvalue weighted by molar-refractivity contribution is 5.84. The molecule has 0 aliphatic carbocycles. The monoisotopic (exact) mass is 246 g/mol. The van der Waals surface area contributed by atoms with Crippen LogP contribution in [0.1, 0.15) is 27.4 Å². The Hall–Kier alpha value is -2.23. The summed E-state index contributed by atoms with van der Waals surface area (Å²) in [6.45, 7) is 4.15. The predicted octanol–water partition coefficient (Wildman–Crippen LogP) is 3.17. The van der Waals surface area contributed by atoms with Crippen molar-refractivity contribution in [3.63, 3.8) is 0 Å². The molecule has 0 saturated carbocycles. The zero-order chi connectivity index (χ0) is 13.1. The molecular formula is C14H14O4. The first-order valence-electron chi connectivity index (χ1n) is 5.59. The molecule has 0 atom stereocenters. The van der Waals surface area contributed by atoms with Crippen LogP contribution in [0.15, 0.2) is 34.7 Å². The molecule has 0 saturated heterocycles. The number of carboxylic acid groups (broad SMARTS) is 1. The Morgan fingerprint density at radius 3 is 2.44 bits per heavy atom. The number of hydrogen-bond acceptors (Lipinski definition) is 3. The van der Waals surface area contributed by atoms with E-state index in [-0.39, 0.29) is 12.4 Å². The highest BCUT2D eigenvalue weighted by Crippen LogP contribution is 2.23. The highest BCUT2D eigenvalue weighted by Gasteiger charge is 2.10. The summed E-state index contributed by atoms with van der Waals surface area (Å²) >= 11 is 0. The molecule has 1 aromatic carbocycles. The summed E-state index contributed by atoms with van der Waals surface area (Å²) in [6.07, 6.45) is 0. The third-order valence-corrected chi connectivity index (χ3v) is 2.64. The fourth-order valence-electron chi connectivity index (χ4n) is 1.74. The second-order valence-corrected chi connectivity index (χ2v) is 4.08. The summed E-state index contributed by atoms with van der Waals surface area (Å²) < 4.78 is 10.8. The van der Waals surface area contributed by atoms with Gasteiger partial charge in [0.15, 0.2) is 0 Å². The van der Waals surface area contributed by atoms with E-state index in [0.717, 1.165) is 16.9 Å². The summed E-state index contributed by atoms with van der Waals surface area (Å²) in [5.74, 6) is 0.157. The van der Waals surface area contributed by atoms with E-state index < -0.39 is 5.97 Å². The maximum absolute atomic E-state index is 10.7. The van der Waals surface area contributed by atoms with Crippen LogP contribution in [0.2, 0.25) is 0 Å². The van der Waals surface area contributed by atoms with Crippen molar-refractivity contribution in [1.29, 1.82) is 0 Å². The number of aromatic carboxylic acids is 1. The fourth-order valence-corrected chi connectivity index (χ4v) is 1.74. The molecule has 2 rings (SSSR count). The van der Waals surface area contributed by atoms with Crippen LogP contribution in [0.5, 0.6) is 5.75 Å². The standard InChI is InChI=1S/C14H14O4/c1-9-4-3-5-10(2)13(9)17-8-11-6-7-12(18-11)14(15)16/h3-7H,8H2,1-2H3,(H,15,16). The second-order valence-electron chi connectivity index (χ2n) is 4.08. The average Bonchev–Trinajstić information content (AvgIpc) is 2.77. The van der Waals surface area contributed by atoms with Crippen molar-refractivity contribution in [3.05, 3.63) is 53.0 Å². The minimum Gasteiger partial charge on any atom is -0.485 e. The number of benzene rings is 1. The minimum absolute atomic E-state index is 0.0740. The maximum atomic E-state index is 10.7. The van der Waals surface area contributed by atoms with Gasteiger partial charge in [0.2, 0.25) is 5.76 Å². The minimum atomic E-state index is -1.08. The normalized spacial score (nSPS) is 10.3. The second kappa shape index (κ2) is 4.96. The van der Waals surface area contributed by atoms with Gasteiger partial charge >= 0.3 is 5.97 Å². The van der Waals surface area contributed by atoms with Crippen LogP contribution in [0.4, 0.5) is 0 Å². The van der Waals surface area contributed by atoms with E-state index in [1.165, 1.54) is 6.07 Å². The van der Waals surface area contributed by atoms with Crippen molar-refractivity contribution in [1.82, 2.24) is 0 Å². The van der Waals surface area contributed by atoms with Crippen LogP contribution < -0.4 is 4.74 Å². The Morgan fingerprint density at radius 1 is 1.22 bits per heavy atom. The van der Waals surface area contributed by atoms with Gasteiger partial charge < -0.3 is 14.3 Å². The lowest BCUT2D eigenvalue weighted by Crippen LogP contribution is -1.98. The number of hydrogen-bond donors (Lipinski definition) is 1. The Bertz CT molecular complexity index is 549. The molecule has 0 fully saturated rings. The number of carbonyl (C=O) groups is 1. The molecule has 1 aromatic heterocycles. The van der Waals surface area contributed by atoms with Gasteiger partial charge in [0.1, 0.15) is 18.1 Å². The van der Waals surface area contributed by atoms with Gasteiger partial charge in [0.05, 0.1) is 0 Å². The number of carboxylic acids is 1. The van der Waals surface area contributed by atoms with E-state index in [1.54, 1.807) is 6.07 Å². The third kappa shape index (κ3) is 2.53. The largest absolute Gasteiger partial charge is 0.485 e. The van der Waals surface area contributed by atoms with Crippen LogP contribution in [-0.4, -0.2) is 11.1 Å². The van der Waals surface area contributed by atoms with Crippen LogP contribution >= 0.6 is 0 Å². The summed E-state index contributed by atoms with van der Waals surface area (Å²) in [6, 6.07) is 8.93. The molecular weight excluding hydrogens is 232 g/mol. The van der Waals surface area contributed by atoms with Gasteiger partial charge in [-0.25, -0.2) is 4.79 Å². The average molecular weight is 246 g/mol. The Balaban J connectivity index is 2.09. The van der Waals surface area contributed by atoms with E-state index >= 15 is 0 Å². The van der Waals surface area contributed by atoms with Gasteiger partial charge in [-0.2, -0.15) is 0 Å². The molecule has 0 aliphatic rings. The van der Waals surface area contributed by atoms with Gasteiger partial charge in [-0.1, -0.05) is 18.2 Å². The van der Waals surface area contributed by atoms with Gasteiger partial charge in [-0.3, -0.25) is 0 Å². The summed E-state index contributed by atoms with van der Waals surface area (Å²) in [5.41, 5.74) is 2.08. The first kappa shape index (κ1) is 12.2. The number of para-hydroxylation sites is 1. The van der Waals surface area contributed by atoms with Gasteiger partial charge in [-0.05, 0) is 37.1 Å². The molecule has 1 heterocycles. The number of furan rings is 1. The molecule has 1 N–H and O–H groups in total. The molecule has 0 spiro atoms. The Kier molecular flexibility index (Phi) is 3.37. The van der Waals surface area contributed by atoms with Gasteiger partial charge in [0.25, 0.3) is 0 Å². The lowest BCUT2D eigenvalue weighted by atomic mass is 10.1. The molecule has 18 heavy (non-hydrogen) atoms. The topological polar surface area (TPSA) is 59.7 Å². The van der Waals surface area contributed by atoms with E-state index in [2.05, 4.69) is 0 Å². The number of ether oxygens (including phenoxy) is 1.